The van der Waals surface area contributed by atoms with Crippen LogP contribution in [0.5, 0.6) is 0 Å². The summed E-state index contributed by atoms with van der Waals surface area (Å²) < 4.78 is 37.9. The maximum Gasteiger partial charge on any atom is 0.422 e. The Morgan fingerprint density at radius 3 is 2.15 bits per heavy atom. The molecule has 1 unspecified atom stereocenters. The highest BCUT2D eigenvalue weighted by Gasteiger charge is 2.58. The Hall–Kier alpha value is -1.47. The summed E-state index contributed by atoms with van der Waals surface area (Å²) >= 11 is 0. The van der Waals surface area contributed by atoms with Crippen molar-refractivity contribution >= 4 is 12.0 Å². The molecular weight excluding hydrogens is 277 g/mol. The number of carbonyl (C=O) groups is 2. The topological polar surface area (TPSA) is 78.4 Å². The van der Waals surface area contributed by atoms with Crippen LogP contribution in [0.1, 0.15) is 40.0 Å². The van der Waals surface area contributed by atoms with Crippen molar-refractivity contribution in [2.45, 2.75) is 51.7 Å². The summed E-state index contributed by atoms with van der Waals surface area (Å²) in [6, 6.07) is -1.14. The third-order valence-electron chi connectivity index (χ3n) is 2.85. The molecule has 0 heterocycles. The van der Waals surface area contributed by atoms with Crippen molar-refractivity contribution in [3.05, 3.63) is 0 Å². The van der Waals surface area contributed by atoms with Gasteiger partial charge in [-0.3, -0.25) is 0 Å². The van der Waals surface area contributed by atoms with Crippen LogP contribution in [-0.4, -0.2) is 35.4 Å². The van der Waals surface area contributed by atoms with E-state index in [2.05, 4.69) is 5.32 Å². The van der Waals surface area contributed by atoms with E-state index in [1.165, 1.54) is 5.32 Å². The fourth-order valence-corrected chi connectivity index (χ4v) is 1.40. The lowest BCUT2D eigenvalue weighted by atomic mass is 10.0. The standard InChI is InChI=1S/C12H21F3N2O3/c1-8(2)6-4-5-7-16-10(20)17-11(3,9(18)19)12(13,14)15/h8H,4-7H2,1-3H3,(H,18,19)(H2,16,17,20). The zero-order chi connectivity index (χ0) is 16.0. The van der Waals surface area contributed by atoms with E-state index in [9.17, 15) is 22.8 Å². The molecule has 8 heteroatoms. The zero-order valence-electron chi connectivity index (χ0n) is 11.8. The van der Waals surface area contributed by atoms with Crippen LogP contribution in [0, 0.1) is 5.92 Å². The van der Waals surface area contributed by atoms with E-state index < -0.39 is 23.7 Å². The van der Waals surface area contributed by atoms with Gasteiger partial charge in [-0.1, -0.05) is 26.7 Å². The van der Waals surface area contributed by atoms with Gasteiger partial charge in [0.05, 0.1) is 0 Å². The minimum atomic E-state index is -5.08. The number of carboxylic acids is 1. The molecule has 5 nitrogen and oxygen atoms in total. The summed E-state index contributed by atoms with van der Waals surface area (Å²) in [6.07, 6.45) is -2.65. The maximum absolute atomic E-state index is 12.6. The molecule has 20 heavy (non-hydrogen) atoms. The SMILES string of the molecule is CC(C)CCCCNC(=O)NC(C)(C(=O)O)C(F)(F)F. The first-order chi connectivity index (χ1) is 9.00. The Bertz CT molecular complexity index is 345. The van der Waals surface area contributed by atoms with Crippen molar-refractivity contribution < 1.29 is 27.9 Å². The molecule has 3 N–H and O–H groups in total. The fourth-order valence-electron chi connectivity index (χ4n) is 1.40. The highest BCUT2D eigenvalue weighted by Crippen LogP contribution is 2.30. The molecule has 0 aromatic heterocycles. The molecule has 0 aromatic rings. The summed E-state index contributed by atoms with van der Waals surface area (Å²) in [5.74, 6) is -1.63. The number of urea groups is 1. The Kier molecular flexibility index (Phi) is 6.81. The Morgan fingerprint density at radius 1 is 1.20 bits per heavy atom. The van der Waals surface area contributed by atoms with Crippen LogP contribution in [0.4, 0.5) is 18.0 Å². The van der Waals surface area contributed by atoms with E-state index in [0.29, 0.717) is 19.3 Å². The predicted molar refractivity (Wildman–Crippen MR) is 67.3 cm³/mol. The molecule has 0 radical (unpaired) electrons. The van der Waals surface area contributed by atoms with E-state index in [1.54, 1.807) is 0 Å². The number of unbranched alkanes of at least 4 members (excludes halogenated alkanes) is 1. The number of amides is 2. The monoisotopic (exact) mass is 298 g/mol. The van der Waals surface area contributed by atoms with Crippen LogP contribution < -0.4 is 10.6 Å². The van der Waals surface area contributed by atoms with Gasteiger partial charge in [-0.15, -0.1) is 0 Å². The van der Waals surface area contributed by atoms with E-state index in [4.69, 9.17) is 5.11 Å². The molecule has 0 rings (SSSR count). The van der Waals surface area contributed by atoms with Crippen LogP contribution in [0.3, 0.4) is 0 Å². The summed E-state index contributed by atoms with van der Waals surface area (Å²) in [5, 5.41) is 12.3. The van der Waals surface area contributed by atoms with Crippen molar-refractivity contribution in [3.63, 3.8) is 0 Å². The Balaban J connectivity index is 4.27. The van der Waals surface area contributed by atoms with Gasteiger partial charge in [0.2, 0.25) is 5.54 Å². The number of hydrogen-bond donors (Lipinski definition) is 3. The summed E-state index contributed by atoms with van der Waals surface area (Å²) in [4.78, 5) is 22.0. The molecule has 0 aliphatic heterocycles. The Labute approximate surface area is 115 Å². The molecule has 0 bridgehead atoms. The lowest BCUT2D eigenvalue weighted by Gasteiger charge is -2.28. The van der Waals surface area contributed by atoms with Gasteiger partial charge in [-0.25, -0.2) is 9.59 Å². The van der Waals surface area contributed by atoms with E-state index in [-0.39, 0.29) is 6.54 Å². The fraction of sp³-hybridized carbons (Fsp3) is 0.833. The normalized spacial score (nSPS) is 14.8. The van der Waals surface area contributed by atoms with Gasteiger partial charge in [0.15, 0.2) is 0 Å². The second-order valence-corrected chi connectivity index (χ2v) is 5.20. The number of carbonyl (C=O) groups excluding carboxylic acids is 1. The van der Waals surface area contributed by atoms with Gasteiger partial charge in [0.25, 0.3) is 0 Å². The van der Waals surface area contributed by atoms with Gasteiger partial charge in [0.1, 0.15) is 0 Å². The smallest absolute Gasteiger partial charge is 0.422 e. The summed E-state index contributed by atoms with van der Waals surface area (Å²) in [7, 11) is 0. The molecule has 1 atom stereocenters. The maximum atomic E-state index is 12.6. The highest BCUT2D eigenvalue weighted by molar-refractivity contribution is 5.86. The molecule has 0 aliphatic rings. The van der Waals surface area contributed by atoms with Crippen molar-refractivity contribution in [1.82, 2.24) is 10.6 Å². The third kappa shape index (κ3) is 5.66. The van der Waals surface area contributed by atoms with Crippen molar-refractivity contribution in [2.75, 3.05) is 6.54 Å². The van der Waals surface area contributed by atoms with E-state index in [0.717, 1.165) is 12.8 Å². The molecule has 0 fully saturated rings. The highest BCUT2D eigenvalue weighted by atomic mass is 19.4. The number of hydrogen-bond acceptors (Lipinski definition) is 2. The average molecular weight is 298 g/mol. The first-order valence-electron chi connectivity index (χ1n) is 6.37. The van der Waals surface area contributed by atoms with Crippen molar-refractivity contribution in [2.24, 2.45) is 5.92 Å². The number of carboxylic acid groups (broad SMARTS) is 1. The van der Waals surface area contributed by atoms with Crippen molar-refractivity contribution in [3.8, 4) is 0 Å². The molecule has 0 spiro atoms. The number of aliphatic carboxylic acids is 1. The summed E-state index contributed by atoms with van der Waals surface area (Å²) in [5.41, 5.74) is -3.30. The van der Waals surface area contributed by atoms with E-state index in [1.807, 2.05) is 13.8 Å². The molecule has 118 valence electrons. The zero-order valence-corrected chi connectivity index (χ0v) is 11.8. The second-order valence-electron chi connectivity index (χ2n) is 5.20. The quantitative estimate of drug-likeness (QED) is 0.632. The average Bonchev–Trinajstić information content (AvgIpc) is 2.26. The van der Waals surface area contributed by atoms with Gasteiger partial charge >= 0.3 is 18.2 Å². The van der Waals surface area contributed by atoms with Crippen molar-refractivity contribution in [1.29, 1.82) is 0 Å². The Morgan fingerprint density at radius 2 is 1.75 bits per heavy atom. The number of halogens is 3. The lowest BCUT2D eigenvalue weighted by Crippen LogP contribution is -2.63. The molecule has 2 amide bonds. The van der Waals surface area contributed by atoms with Crippen LogP contribution >= 0.6 is 0 Å². The number of nitrogens with one attached hydrogen (secondary N) is 2. The van der Waals surface area contributed by atoms with Gasteiger partial charge < -0.3 is 15.7 Å². The van der Waals surface area contributed by atoms with Crippen LogP contribution in [-0.2, 0) is 4.79 Å². The summed E-state index contributed by atoms with van der Waals surface area (Å²) in [6.45, 7) is 4.70. The molecule has 0 saturated carbocycles. The first-order valence-corrected chi connectivity index (χ1v) is 6.37. The van der Waals surface area contributed by atoms with Gasteiger partial charge in [-0.2, -0.15) is 13.2 Å². The third-order valence-corrected chi connectivity index (χ3v) is 2.85. The van der Waals surface area contributed by atoms with Gasteiger partial charge in [0, 0.05) is 6.54 Å². The first kappa shape index (κ1) is 18.5. The van der Waals surface area contributed by atoms with Crippen LogP contribution in [0.25, 0.3) is 0 Å². The predicted octanol–water partition coefficient (Wildman–Crippen LogP) is 2.52. The van der Waals surface area contributed by atoms with Crippen LogP contribution in [0.2, 0.25) is 0 Å². The second kappa shape index (κ2) is 7.35. The molecule has 0 aliphatic carbocycles. The minimum absolute atomic E-state index is 0.201. The molecule has 0 saturated heterocycles. The molecular formula is C12H21F3N2O3. The molecule has 0 aromatic carbocycles. The largest absolute Gasteiger partial charge is 0.479 e. The van der Waals surface area contributed by atoms with Crippen LogP contribution in [0.15, 0.2) is 0 Å². The minimum Gasteiger partial charge on any atom is -0.479 e. The van der Waals surface area contributed by atoms with E-state index >= 15 is 0 Å². The van der Waals surface area contributed by atoms with Gasteiger partial charge in [-0.05, 0) is 19.3 Å². The number of alkyl halides is 3. The lowest BCUT2D eigenvalue weighted by molar-refractivity contribution is -0.203. The number of rotatable bonds is 7.